The number of nitrogens with one attached hydrogen (secondary N) is 1. The van der Waals surface area contributed by atoms with E-state index in [1.54, 1.807) is 30.2 Å². The number of carbonyl (C=O) groups is 1. The Morgan fingerprint density at radius 3 is 3.09 bits per heavy atom. The van der Waals surface area contributed by atoms with Crippen molar-refractivity contribution in [2.45, 2.75) is 6.92 Å². The van der Waals surface area contributed by atoms with E-state index < -0.39 is 0 Å². The van der Waals surface area contributed by atoms with Crippen molar-refractivity contribution >= 4 is 34.5 Å². The third kappa shape index (κ3) is 3.28. The number of benzene rings is 1. The van der Waals surface area contributed by atoms with E-state index in [2.05, 4.69) is 15.3 Å². The van der Waals surface area contributed by atoms with Gasteiger partial charge >= 0.3 is 0 Å². The Morgan fingerprint density at radius 2 is 2.27 bits per heavy atom. The first-order valence-electron chi connectivity index (χ1n) is 6.95. The molecule has 2 aromatic heterocycles. The molecule has 0 unspecified atom stereocenters. The van der Waals surface area contributed by atoms with Crippen LogP contribution in [0, 0.1) is 0 Å². The molecule has 0 spiro atoms. The molecule has 0 radical (unpaired) electrons. The van der Waals surface area contributed by atoms with E-state index >= 15 is 0 Å². The van der Waals surface area contributed by atoms with Gasteiger partial charge in [-0.3, -0.25) is 9.78 Å². The fourth-order valence-electron chi connectivity index (χ4n) is 2.03. The molecule has 0 saturated carbocycles. The summed E-state index contributed by atoms with van der Waals surface area (Å²) in [5.74, 6) is 1.88. The Morgan fingerprint density at radius 1 is 1.36 bits per heavy atom. The van der Waals surface area contributed by atoms with Gasteiger partial charge in [0.25, 0.3) is 0 Å². The van der Waals surface area contributed by atoms with Crippen LogP contribution in [-0.2, 0) is 4.79 Å². The van der Waals surface area contributed by atoms with Gasteiger partial charge in [0.05, 0.1) is 11.9 Å². The number of nitrogens with zero attached hydrogens (tertiary/aromatic N) is 2. The standard InChI is InChI=1S/C16H15N3O2S/c1-2-22-10-15(20)18-12-5-3-4-11(8-12)16-19-13-6-7-17-9-14(13)21-16/h3-9H,2,10H2,1H3,(H,18,20). The van der Waals surface area contributed by atoms with Gasteiger partial charge in [0, 0.05) is 17.4 Å². The highest BCUT2D eigenvalue weighted by atomic mass is 32.2. The van der Waals surface area contributed by atoms with Crippen LogP contribution < -0.4 is 5.32 Å². The smallest absolute Gasteiger partial charge is 0.234 e. The van der Waals surface area contributed by atoms with Crippen LogP contribution in [0.5, 0.6) is 0 Å². The molecule has 1 N–H and O–H groups in total. The molecule has 1 aromatic carbocycles. The Labute approximate surface area is 132 Å². The fraction of sp³-hybridized carbons (Fsp3) is 0.188. The summed E-state index contributed by atoms with van der Waals surface area (Å²) in [6.45, 7) is 2.03. The average molecular weight is 313 g/mol. The number of carbonyl (C=O) groups excluding carboxylic acids is 1. The van der Waals surface area contributed by atoms with Gasteiger partial charge in [-0.2, -0.15) is 11.8 Å². The van der Waals surface area contributed by atoms with E-state index in [4.69, 9.17) is 4.42 Å². The first kappa shape index (κ1) is 14.6. The maximum Gasteiger partial charge on any atom is 0.234 e. The zero-order valence-electron chi connectivity index (χ0n) is 12.1. The lowest BCUT2D eigenvalue weighted by molar-refractivity contribution is -0.113. The minimum atomic E-state index is -0.00855. The zero-order chi connectivity index (χ0) is 15.4. The van der Waals surface area contributed by atoms with Crippen molar-refractivity contribution in [2.24, 2.45) is 0 Å². The number of hydrogen-bond donors (Lipinski definition) is 1. The van der Waals surface area contributed by atoms with Crippen molar-refractivity contribution in [3.63, 3.8) is 0 Å². The van der Waals surface area contributed by atoms with Crippen molar-refractivity contribution in [2.75, 3.05) is 16.8 Å². The molecule has 6 heteroatoms. The summed E-state index contributed by atoms with van der Waals surface area (Å²) in [5, 5.41) is 2.88. The predicted molar refractivity (Wildman–Crippen MR) is 88.9 cm³/mol. The van der Waals surface area contributed by atoms with Crippen molar-refractivity contribution in [1.82, 2.24) is 9.97 Å². The molecule has 5 nitrogen and oxygen atoms in total. The maximum atomic E-state index is 11.8. The molecule has 3 aromatic rings. The van der Waals surface area contributed by atoms with Gasteiger partial charge in [0.15, 0.2) is 5.58 Å². The summed E-state index contributed by atoms with van der Waals surface area (Å²) >= 11 is 1.59. The number of pyridine rings is 1. The van der Waals surface area contributed by atoms with E-state index in [1.807, 2.05) is 31.2 Å². The van der Waals surface area contributed by atoms with Crippen LogP contribution in [0.3, 0.4) is 0 Å². The Kier molecular flexibility index (Phi) is 4.39. The highest BCUT2D eigenvalue weighted by Crippen LogP contribution is 2.25. The summed E-state index contributed by atoms with van der Waals surface area (Å²) in [7, 11) is 0. The first-order chi connectivity index (χ1) is 10.8. The average Bonchev–Trinajstić information content (AvgIpc) is 2.97. The molecular formula is C16H15N3O2S. The van der Waals surface area contributed by atoms with Crippen LogP contribution in [-0.4, -0.2) is 27.4 Å². The van der Waals surface area contributed by atoms with Crippen LogP contribution in [0.25, 0.3) is 22.6 Å². The Bertz CT molecular complexity index is 768. The van der Waals surface area contributed by atoms with Crippen LogP contribution >= 0.6 is 11.8 Å². The number of oxazole rings is 1. The van der Waals surface area contributed by atoms with Gasteiger partial charge < -0.3 is 9.73 Å². The summed E-state index contributed by atoms with van der Waals surface area (Å²) in [6, 6.07) is 9.27. The lowest BCUT2D eigenvalue weighted by Crippen LogP contribution is -2.14. The minimum absolute atomic E-state index is 0.00855. The lowest BCUT2D eigenvalue weighted by atomic mass is 10.2. The number of fused-ring (bicyclic) bond motifs is 1. The van der Waals surface area contributed by atoms with Crippen LogP contribution in [0.4, 0.5) is 5.69 Å². The van der Waals surface area contributed by atoms with Crippen molar-refractivity contribution in [3.8, 4) is 11.5 Å². The number of anilines is 1. The fourth-order valence-corrected chi connectivity index (χ4v) is 2.49. The Balaban J connectivity index is 1.82. The van der Waals surface area contributed by atoms with E-state index in [9.17, 15) is 4.79 Å². The quantitative estimate of drug-likeness (QED) is 0.779. The van der Waals surface area contributed by atoms with E-state index in [0.29, 0.717) is 17.2 Å². The minimum Gasteiger partial charge on any atom is -0.434 e. The normalized spacial score (nSPS) is 10.8. The van der Waals surface area contributed by atoms with Crippen LogP contribution in [0.2, 0.25) is 0 Å². The largest absolute Gasteiger partial charge is 0.434 e. The summed E-state index contributed by atoms with van der Waals surface area (Å²) in [6.07, 6.45) is 3.32. The summed E-state index contributed by atoms with van der Waals surface area (Å²) < 4.78 is 5.69. The van der Waals surface area contributed by atoms with Gasteiger partial charge in [-0.1, -0.05) is 13.0 Å². The molecule has 2 heterocycles. The predicted octanol–water partition coefficient (Wildman–Crippen LogP) is 3.58. The number of aromatic nitrogens is 2. The number of amides is 1. The van der Waals surface area contributed by atoms with E-state index in [-0.39, 0.29) is 5.91 Å². The van der Waals surface area contributed by atoms with Crippen LogP contribution in [0.15, 0.2) is 47.1 Å². The molecule has 1 amide bonds. The molecule has 0 saturated heterocycles. The third-order valence-corrected chi connectivity index (χ3v) is 3.90. The van der Waals surface area contributed by atoms with Gasteiger partial charge in [0.2, 0.25) is 11.8 Å². The molecule has 0 aliphatic heterocycles. The second-order valence-electron chi connectivity index (χ2n) is 4.63. The Hall–Kier alpha value is -2.34. The summed E-state index contributed by atoms with van der Waals surface area (Å²) in [5.41, 5.74) is 2.96. The van der Waals surface area contributed by atoms with Crippen molar-refractivity contribution in [3.05, 3.63) is 42.7 Å². The van der Waals surface area contributed by atoms with Crippen LogP contribution in [0.1, 0.15) is 6.92 Å². The van der Waals surface area contributed by atoms with Gasteiger partial charge in [-0.15, -0.1) is 0 Å². The molecule has 0 atom stereocenters. The molecule has 0 fully saturated rings. The molecule has 22 heavy (non-hydrogen) atoms. The second-order valence-corrected chi connectivity index (χ2v) is 5.90. The highest BCUT2D eigenvalue weighted by molar-refractivity contribution is 7.99. The third-order valence-electron chi connectivity index (χ3n) is 3.02. The SMILES string of the molecule is CCSCC(=O)Nc1cccc(-c2nc3ccncc3o2)c1. The zero-order valence-corrected chi connectivity index (χ0v) is 12.9. The molecule has 112 valence electrons. The van der Waals surface area contributed by atoms with Gasteiger partial charge in [-0.05, 0) is 30.0 Å². The number of thioether (sulfide) groups is 1. The maximum absolute atomic E-state index is 11.8. The molecule has 3 rings (SSSR count). The second kappa shape index (κ2) is 6.62. The molecule has 0 aliphatic rings. The van der Waals surface area contributed by atoms with Gasteiger partial charge in [0.1, 0.15) is 5.52 Å². The monoisotopic (exact) mass is 313 g/mol. The lowest BCUT2D eigenvalue weighted by Gasteiger charge is -2.05. The summed E-state index contributed by atoms with van der Waals surface area (Å²) in [4.78, 5) is 20.2. The molecule has 0 aliphatic carbocycles. The molecule has 0 bridgehead atoms. The highest BCUT2D eigenvalue weighted by Gasteiger charge is 2.09. The van der Waals surface area contributed by atoms with Gasteiger partial charge in [-0.25, -0.2) is 4.98 Å². The number of hydrogen-bond acceptors (Lipinski definition) is 5. The van der Waals surface area contributed by atoms with E-state index in [0.717, 1.165) is 22.5 Å². The van der Waals surface area contributed by atoms with Crippen molar-refractivity contribution < 1.29 is 9.21 Å². The number of rotatable bonds is 5. The molecular weight excluding hydrogens is 298 g/mol. The van der Waals surface area contributed by atoms with Crippen molar-refractivity contribution in [1.29, 1.82) is 0 Å². The first-order valence-corrected chi connectivity index (χ1v) is 8.10. The van der Waals surface area contributed by atoms with E-state index in [1.165, 1.54) is 0 Å². The topological polar surface area (TPSA) is 68.0 Å².